The van der Waals surface area contributed by atoms with Gasteiger partial charge >= 0.3 is 12.3 Å². The third-order valence-electron chi connectivity index (χ3n) is 2.59. The highest BCUT2D eigenvalue weighted by atomic mass is 19.4. The van der Waals surface area contributed by atoms with Crippen LogP contribution in [-0.4, -0.2) is 18.2 Å². The molecule has 22 heavy (non-hydrogen) atoms. The summed E-state index contributed by atoms with van der Waals surface area (Å²) in [6, 6.07) is 1.09. The molecule has 0 saturated heterocycles. The highest BCUT2D eigenvalue weighted by Crippen LogP contribution is 2.31. The maximum Gasteiger partial charge on any atom is 0.416 e. The molecule has 4 nitrogen and oxygen atoms in total. The second-order valence-electron chi connectivity index (χ2n) is 5.72. The van der Waals surface area contributed by atoms with Crippen molar-refractivity contribution < 1.29 is 27.1 Å². The fourth-order valence-corrected chi connectivity index (χ4v) is 1.62. The largest absolute Gasteiger partial charge is 0.444 e. The third-order valence-corrected chi connectivity index (χ3v) is 2.59. The van der Waals surface area contributed by atoms with Gasteiger partial charge in [0.1, 0.15) is 11.4 Å². The van der Waals surface area contributed by atoms with E-state index in [4.69, 9.17) is 10.5 Å². The van der Waals surface area contributed by atoms with Crippen LogP contribution in [0.1, 0.15) is 37.9 Å². The minimum atomic E-state index is -4.63. The Kier molecular flexibility index (Phi) is 5.39. The van der Waals surface area contributed by atoms with Gasteiger partial charge in [0.2, 0.25) is 0 Å². The van der Waals surface area contributed by atoms with Gasteiger partial charge in [-0.05, 0) is 32.9 Å². The molecule has 1 unspecified atom stereocenters. The summed E-state index contributed by atoms with van der Waals surface area (Å²) < 4.78 is 56.0. The lowest BCUT2D eigenvalue weighted by atomic mass is 10.0. The molecule has 0 saturated carbocycles. The van der Waals surface area contributed by atoms with Crippen molar-refractivity contribution in [3.63, 3.8) is 0 Å². The smallest absolute Gasteiger partial charge is 0.416 e. The molecule has 0 aliphatic rings. The summed E-state index contributed by atoms with van der Waals surface area (Å²) in [7, 11) is 0. The number of ether oxygens (including phenoxy) is 1. The number of halogens is 4. The highest BCUT2D eigenvalue weighted by Gasteiger charge is 2.31. The van der Waals surface area contributed by atoms with Crippen LogP contribution >= 0.6 is 0 Å². The predicted molar refractivity (Wildman–Crippen MR) is 72.6 cm³/mol. The van der Waals surface area contributed by atoms with Crippen LogP contribution in [-0.2, 0) is 10.9 Å². The van der Waals surface area contributed by atoms with Crippen LogP contribution in [0.5, 0.6) is 0 Å². The van der Waals surface area contributed by atoms with Crippen molar-refractivity contribution >= 4 is 6.09 Å². The number of hydrogen-bond acceptors (Lipinski definition) is 3. The monoisotopic (exact) mass is 322 g/mol. The summed E-state index contributed by atoms with van der Waals surface area (Å²) in [5.41, 5.74) is 3.76. The Bertz CT molecular complexity index is 539. The lowest BCUT2D eigenvalue weighted by Crippen LogP contribution is -2.36. The van der Waals surface area contributed by atoms with Gasteiger partial charge in [0.15, 0.2) is 0 Å². The number of carbonyl (C=O) groups excluding carboxylic acids is 1. The van der Waals surface area contributed by atoms with Gasteiger partial charge < -0.3 is 15.8 Å². The van der Waals surface area contributed by atoms with Crippen molar-refractivity contribution in [1.29, 1.82) is 0 Å². The SMILES string of the molecule is CC(C)(C)OC(=O)NCC(N)c1ccc(C(F)(F)F)cc1F. The van der Waals surface area contributed by atoms with Crippen molar-refractivity contribution in [3.05, 3.63) is 35.1 Å². The second kappa shape index (κ2) is 6.51. The van der Waals surface area contributed by atoms with Gasteiger partial charge in [-0.1, -0.05) is 6.07 Å². The quantitative estimate of drug-likeness (QED) is 0.839. The zero-order valence-electron chi connectivity index (χ0n) is 12.4. The number of alkyl halides is 3. The molecule has 124 valence electrons. The predicted octanol–water partition coefficient (Wildman–Crippen LogP) is 3.37. The minimum Gasteiger partial charge on any atom is -0.444 e. The van der Waals surface area contributed by atoms with Gasteiger partial charge in [-0.3, -0.25) is 0 Å². The van der Waals surface area contributed by atoms with E-state index in [0.717, 1.165) is 12.1 Å². The summed E-state index contributed by atoms with van der Waals surface area (Å²) in [4.78, 5) is 11.4. The van der Waals surface area contributed by atoms with Gasteiger partial charge in [0.25, 0.3) is 0 Å². The average molecular weight is 322 g/mol. The maximum atomic E-state index is 13.7. The summed E-state index contributed by atoms with van der Waals surface area (Å²) in [5, 5.41) is 2.33. The van der Waals surface area contributed by atoms with Crippen molar-refractivity contribution in [1.82, 2.24) is 5.32 Å². The fraction of sp³-hybridized carbons (Fsp3) is 0.500. The number of carbonyl (C=O) groups is 1. The molecule has 1 amide bonds. The van der Waals surface area contributed by atoms with E-state index in [1.807, 2.05) is 0 Å². The standard InChI is InChI=1S/C14H18F4N2O2/c1-13(2,3)22-12(21)20-7-11(19)9-5-4-8(6-10(9)15)14(16,17)18/h4-6,11H,7,19H2,1-3H3,(H,20,21). The number of rotatable bonds is 3. The number of hydrogen-bond donors (Lipinski definition) is 2. The van der Waals surface area contributed by atoms with E-state index in [0.29, 0.717) is 6.07 Å². The summed E-state index contributed by atoms with van der Waals surface area (Å²) >= 11 is 0. The molecule has 0 spiro atoms. The Hall–Kier alpha value is -1.83. The lowest BCUT2D eigenvalue weighted by Gasteiger charge is -2.21. The van der Waals surface area contributed by atoms with Crippen molar-refractivity contribution in [2.45, 2.75) is 38.6 Å². The van der Waals surface area contributed by atoms with E-state index in [9.17, 15) is 22.4 Å². The van der Waals surface area contributed by atoms with Gasteiger partial charge in [-0.2, -0.15) is 13.2 Å². The molecule has 0 aromatic heterocycles. The first-order chi connectivity index (χ1) is 9.90. The molecule has 0 aliphatic heterocycles. The summed E-state index contributed by atoms with van der Waals surface area (Å²) in [6.07, 6.45) is -5.37. The number of nitrogens with two attached hydrogens (primary N) is 1. The van der Waals surface area contributed by atoms with Crippen LogP contribution in [0, 0.1) is 5.82 Å². The zero-order valence-corrected chi connectivity index (χ0v) is 12.4. The van der Waals surface area contributed by atoms with Crippen LogP contribution in [0.15, 0.2) is 18.2 Å². The number of amides is 1. The van der Waals surface area contributed by atoms with Crippen molar-refractivity contribution in [2.24, 2.45) is 5.73 Å². The Morgan fingerprint density at radius 2 is 1.91 bits per heavy atom. The number of alkyl carbamates (subject to hydrolysis) is 1. The summed E-state index contributed by atoms with van der Waals surface area (Å²) in [6.45, 7) is 4.84. The molecule has 1 aromatic carbocycles. The Morgan fingerprint density at radius 1 is 1.32 bits per heavy atom. The van der Waals surface area contributed by atoms with Crippen LogP contribution in [0.2, 0.25) is 0 Å². The van der Waals surface area contributed by atoms with E-state index in [1.165, 1.54) is 0 Å². The first-order valence-corrected chi connectivity index (χ1v) is 6.49. The molecular weight excluding hydrogens is 304 g/mol. The molecule has 1 aromatic rings. The van der Waals surface area contributed by atoms with Crippen molar-refractivity contribution in [3.8, 4) is 0 Å². The van der Waals surface area contributed by atoms with Crippen LogP contribution < -0.4 is 11.1 Å². The van der Waals surface area contributed by atoms with Crippen molar-refractivity contribution in [2.75, 3.05) is 6.54 Å². The fourth-order valence-electron chi connectivity index (χ4n) is 1.62. The summed E-state index contributed by atoms with van der Waals surface area (Å²) in [5.74, 6) is -1.08. The number of benzene rings is 1. The van der Waals surface area contributed by atoms with E-state index in [2.05, 4.69) is 5.32 Å². The number of nitrogens with one attached hydrogen (secondary N) is 1. The van der Waals surface area contributed by atoms with Crippen LogP contribution in [0.3, 0.4) is 0 Å². The Labute approximate surface area is 125 Å². The zero-order chi connectivity index (χ0) is 17.1. The molecule has 0 fully saturated rings. The molecule has 8 heteroatoms. The third kappa shape index (κ3) is 5.51. The first-order valence-electron chi connectivity index (χ1n) is 6.49. The van der Waals surface area contributed by atoms with Gasteiger partial charge in [0.05, 0.1) is 11.6 Å². The van der Waals surface area contributed by atoms with Crippen LogP contribution in [0.25, 0.3) is 0 Å². The van der Waals surface area contributed by atoms with Crippen LogP contribution in [0.4, 0.5) is 22.4 Å². The topological polar surface area (TPSA) is 64.3 Å². The molecule has 0 heterocycles. The maximum absolute atomic E-state index is 13.7. The van der Waals surface area contributed by atoms with E-state index in [-0.39, 0.29) is 12.1 Å². The molecule has 0 bridgehead atoms. The molecule has 3 N–H and O–H groups in total. The molecular formula is C14H18F4N2O2. The second-order valence-corrected chi connectivity index (χ2v) is 5.72. The Morgan fingerprint density at radius 3 is 2.36 bits per heavy atom. The average Bonchev–Trinajstić information content (AvgIpc) is 2.32. The highest BCUT2D eigenvalue weighted by molar-refractivity contribution is 5.67. The minimum absolute atomic E-state index is 0.121. The van der Waals surface area contributed by atoms with E-state index < -0.39 is 35.3 Å². The Balaban J connectivity index is 2.70. The van der Waals surface area contributed by atoms with Gasteiger partial charge in [0, 0.05) is 12.1 Å². The van der Waals surface area contributed by atoms with Gasteiger partial charge in [-0.15, -0.1) is 0 Å². The molecule has 0 aliphatic carbocycles. The molecule has 0 radical (unpaired) electrons. The van der Waals surface area contributed by atoms with Gasteiger partial charge in [-0.25, -0.2) is 9.18 Å². The normalized spacial score (nSPS) is 13.6. The molecule has 1 atom stereocenters. The van der Waals surface area contributed by atoms with E-state index in [1.54, 1.807) is 20.8 Å². The lowest BCUT2D eigenvalue weighted by molar-refractivity contribution is -0.137. The van der Waals surface area contributed by atoms with E-state index >= 15 is 0 Å². The first kappa shape index (κ1) is 18.2. The molecule has 1 rings (SSSR count).